The summed E-state index contributed by atoms with van der Waals surface area (Å²) in [6.07, 6.45) is 0. The van der Waals surface area contributed by atoms with Gasteiger partial charge in [0.25, 0.3) is 0 Å². The van der Waals surface area contributed by atoms with Crippen LogP contribution in [0.1, 0.15) is 5.56 Å². The van der Waals surface area contributed by atoms with Crippen LogP contribution in [-0.2, 0) is 21.3 Å². The lowest BCUT2D eigenvalue weighted by Crippen LogP contribution is -2.45. The van der Waals surface area contributed by atoms with Gasteiger partial charge in [0.1, 0.15) is 0 Å². The van der Waals surface area contributed by atoms with E-state index < -0.39 is 22.7 Å². The standard InChI is InChI=1S/C17H25F2N3O6S/c1-21(12-13-3-4-14(28-16(18)19)15(11-13)26-2)17(23)20-5-10-29(24,25)22-6-8-27-9-7-22/h3-4,11,16H,5-10,12H2,1-2H3,(H,20,23). The molecule has 2 amide bonds. The quantitative estimate of drug-likeness (QED) is 0.622. The molecule has 0 spiro atoms. The molecule has 1 aliphatic rings. The zero-order chi connectivity index (χ0) is 21.4. The van der Waals surface area contributed by atoms with Crippen LogP contribution in [0.4, 0.5) is 13.6 Å². The number of methoxy groups -OCH3 is 1. The first-order chi connectivity index (χ1) is 13.7. The smallest absolute Gasteiger partial charge is 0.387 e. The summed E-state index contributed by atoms with van der Waals surface area (Å²) in [6.45, 7) is -1.51. The summed E-state index contributed by atoms with van der Waals surface area (Å²) in [5.74, 6) is -0.194. The predicted octanol–water partition coefficient (Wildman–Crippen LogP) is 1.10. The molecular weight excluding hydrogens is 412 g/mol. The number of halogens is 2. The van der Waals surface area contributed by atoms with Crippen molar-refractivity contribution in [2.24, 2.45) is 0 Å². The monoisotopic (exact) mass is 437 g/mol. The highest BCUT2D eigenvalue weighted by Gasteiger charge is 2.24. The lowest BCUT2D eigenvalue weighted by molar-refractivity contribution is -0.0512. The lowest BCUT2D eigenvalue weighted by atomic mass is 10.2. The molecule has 0 saturated carbocycles. The van der Waals surface area contributed by atoms with Crippen LogP contribution in [0.5, 0.6) is 11.5 Å². The molecule has 1 fully saturated rings. The van der Waals surface area contributed by atoms with Gasteiger partial charge in [-0.15, -0.1) is 0 Å². The van der Waals surface area contributed by atoms with Crippen LogP contribution in [0.15, 0.2) is 18.2 Å². The van der Waals surface area contributed by atoms with E-state index in [1.807, 2.05) is 0 Å². The molecule has 29 heavy (non-hydrogen) atoms. The second-order valence-corrected chi connectivity index (χ2v) is 8.37. The Kier molecular flexibility index (Phi) is 8.41. The highest BCUT2D eigenvalue weighted by molar-refractivity contribution is 7.89. The van der Waals surface area contributed by atoms with E-state index in [-0.39, 0.29) is 30.3 Å². The molecule has 2 rings (SSSR count). The molecular formula is C17H25F2N3O6S. The number of rotatable bonds is 9. The van der Waals surface area contributed by atoms with E-state index in [2.05, 4.69) is 10.1 Å². The largest absolute Gasteiger partial charge is 0.493 e. The van der Waals surface area contributed by atoms with E-state index in [1.165, 1.54) is 41.6 Å². The molecule has 0 aliphatic carbocycles. The third-order valence-electron chi connectivity index (χ3n) is 4.21. The number of hydrogen-bond donors (Lipinski definition) is 1. The van der Waals surface area contributed by atoms with Crippen LogP contribution in [0, 0.1) is 0 Å². The number of carbonyl (C=O) groups is 1. The van der Waals surface area contributed by atoms with Gasteiger partial charge in [-0.05, 0) is 17.7 Å². The minimum atomic E-state index is -3.46. The molecule has 164 valence electrons. The summed E-state index contributed by atoms with van der Waals surface area (Å²) in [5.41, 5.74) is 0.627. The second kappa shape index (κ2) is 10.6. The maximum Gasteiger partial charge on any atom is 0.387 e. The Morgan fingerprint density at radius 2 is 2.00 bits per heavy atom. The van der Waals surface area contributed by atoms with Crippen molar-refractivity contribution < 1.29 is 36.2 Å². The van der Waals surface area contributed by atoms with Gasteiger partial charge in [-0.2, -0.15) is 13.1 Å². The number of hydrogen-bond acceptors (Lipinski definition) is 6. The zero-order valence-corrected chi connectivity index (χ0v) is 17.1. The van der Waals surface area contributed by atoms with E-state index in [4.69, 9.17) is 9.47 Å². The highest BCUT2D eigenvalue weighted by Crippen LogP contribution is 2.29. The third-order valence-corrected chi connectivity index (χ3v) is 6.08. The van der Waals surface area contributed by atoms with Crippen molar-refractivity contribution in [3.8, 4) is 11.5 Å². The maximum atomic E-state index is 12.4. The Balaban J connectivity index is 1.85. The van der Waals surface area contributed by atoms with Gasteiger partial charge >= 0.3 is 12.6 Å². The number of amides is 2. The Morgan fingerprint density at radius 3 is 2.62 bits per heavy atom. The van der Waals surface area contributed by atoms with E-state index in [0.29, 0.717) is 31.9 Å². The normalized spacial score (nSPS) is 15.2. The first-order valence-electron chi connectivity index (χ1n) is 8.89. The number of ether oxygens (including phenoxy) is 3. The first kappa shape index (κ1) is 23.1. The zero-order valence-electron chi connectivity index (χ0n) is 16.3. The van der Waals surface area contributed by atoms with Crippen LogP contribution < -0.4 is 14.8 Å². The van der Waals surface area contributed by atoms with Crippen LogP contribution in [0.25, 0.3) is 0 Å². The Bertz CT molecular complexity index is 787. The Labute approximate surface area is 168 Å². The van der Waals surface area contributed by atoms with Crippen LogP contribution in [0.3, 0.4) is 0 Å². The van der Waals surface area contributed by atoms with Gasteiger partial charge in [0.2, 0.25) is 10.0 Å². The molecule has 12 heteroatoms. The van der Waals surface area contributed by atoms with Gasteiger partial charge in [-0.3, -0.25) is 0 Å². The summed E-state index contributed by atoms with van der Waals surface area (Å²) in [5, 5.41) is 2.56. The number of morpholine rings is 1. The fourth-order valence-corrected chi connectivity index (χ4v) is 4.05. The minimum Gasteiger partial charge on any atom is -0.493 e. The summed E-state index contributed by atoms with van der Waals surface area (Å²) in [6, 6.07) is 3.90. The highest BCUT2D eigenvalue weighted by atomic mass is 32.2. The Morgan fingerprint density at radius 1 is 1.31 bits per heavy atom. The van der Waals surface area contributed by atoms with Crippen molar-refractivity contribution in [3.05, 3.63) is 23.8 Å². The van der Waals surface area contributed by atoms with Crippen LogP contribution in [0.2, 0.25) is 0 Å². The number of nitrogens with zero attached hydrogens (tertiary/aromatic N) is 2. The van der Waals surface area contributed by atoms with Crippen molar-refractivity contribution in [2.45, 2.75) is 13.2 Å². The van der Waals surface area contributed by atoms with Crippen molar-refractivity contribution in [1.82, 2.24) is 14.5 Å². The molecule has 0 radical (unpaired) electrons. The van der Waals surface area contributed by atoms with Gasteiger partial charge in [0.05, 0.1) is 26.1 Å². The average Bonchev–Trinajstić information content (AvgIpc) is 2.69. The SMILES string of the molecule is COc1cc(CN(C)C(=O)NCCS(=O)(=O)N2CCOCC2)ccc1OC(F)F. The summed E-state index contributed by atoms with van der Waals surface area (Å²) < 4.78 is 65.1. The molecule has 0 unspecified atom stereocenters. The van der Waals surface area contributed by atoms with Crippen molar-refractivity contribution in [1.29, 1.82) is 0 Å². The number of alkyl halides is 2. The molecule has 1 aromatic carbocycles. The number of sulfonamides is 1. The van der Waals surface area contributed by atoms with E-state index in [9.17, 15) is 22.0 Å². The molecule has 9 nitrogen and oxygen atoms in total. The van der Waals surface area contributed by atoms with E-state index >= 15 is 0 Å². The van der Waals surface area contributed by atoms with Gasteiger partial charge in [0, 0.05) is 33.2 Å². The van der Waals surface area contributed by atoms with Crippen LogP contribution >= 0.6 is 0 Å². The topological polar surface area (TPSA) is 97.4 Å². The van der Waals surface area contributed by atoms with E-state index in [1.54, 1.807) is 0 Å². The first-order valence-corrected chi connectivity index (χ1v) is 10.5. The average molecular weight is 437 g/mol. The van der Waals surface area contributed by atoms with Gasteiger partial charge in [-0.25, -0.2) is 13.2 Å². The molecule has 0 aromatic heterocycles. The maximum absolute atomic E-state index is 12.4. The van der Waals surface area contributed by atoms with Crippen molar-refractivity contribution >= 4 is 16.1 Å². The molecule has 1 N–H and O–H groups in total. The van der Waals surface area contributed by atoms with Gasteiger partial charge in [-0.1, -0.05) is 6.07 Å². The summed E-state index contributed by atoms with van der Waals surface area (Å²) in [7, 11) is -0.607. The molecule has 1 heterocycles. The number of benzene rings is 1. The second-order valence-electron chi connectivity index (χ2n) is 6.28. The molecule has 0 atom stereocenters. The number of urea groups is 1. The minimum absolute atomic E-state index is 0.0344. The number of nitrogens with one attached hydrogen (secondary N) is 1. The van der Waals surface area contributed by atoms with Crippen molar-refractivity contribution in [3.63, 3.8) is 0 Å². The van der Waals surface area contributed by atoms with E-state index in [0.717, 1.165) is 0 Å². The molecule has 0 bridgehead atoms. The van der Waals surface area contributed by atoms with Crippen LogP contribution in [-0.4, -0.2) is 83.0 Å². The fraction of sp³-hybridized carbons (Fsp3) is 0.588. The summed E-state index contributed by atoms with van der Waals surface area (Å²) >= 11 is 0. The third kappa shape index (κ3) is 6.98. The molecule has 1 aliphatic heterocycles. The predicted molar refractivity (Wildman–Crippen MR) is 101 cm³/mol. The molecule has 1 aromatic rings. The lowest BCUT2D eigenvalue weighted by Gasteiger charge is -2.26. The summed E-state index contributed by atoms with van der Waals surface area (Å²) in [4.78, 5) is 13.5. The van der Waals surface area contributed by atoms with Gasteiger partial charge < -0.3 is 24.4 Å². The fourth-order valence-electron chi connectivity index (χ4n) is 2.73. The van der Waals surface area contributed by atoms with Crippen molar-refractivity contribution in [2.75, 3.05) is 52.8 Å². The molecule has 1 saturated heterocycles. The Hall–Kier alpha value is -2.18. The number of carbonyl (C=O) groups excluding carboxylic acids is 1. The van der Waals surface area contributed by atoms with Gasteiger partial charge in [0.15, 0.2) is 11.5 Å².